The first-order valence-electron chi connectivity index (χ1n) is 11.5. The topological polar surface area (TPSA) is 104 Å². The maximum absolute atomic E-state index is 13.5. The molecule has 2 aromatic rings. The summed E-state index contributed by atoms with van der Waals surface area (Å²) in [4.78, 5) is 40.6. The molecule has 4 rings (SSSR count). The van der Waals surface area contributed by atoms with Gasteiger partial charge in [-0.3, -0.25) is 14.4 Å². The molecule has 2 aromatic carbocycles. The van der Waals surface area contributed by atoms with Gasteiger partial charge in [0.1, 0.15) is 17.5 Å². The molecule has 1 fully saturated rings. The highest BCUT2D eigenvalue weighted by molar-refractivity contribution is 7.90. The van der Waals surface area contributed by atoms with E-state index in [9.17, 15) is 22.8 Å². The summed E-state index contributed by atoms with van der Waals surface area (Å²) in [7, 11) is -4.13. The van der Waals surface area contributed by atoms with E-state index < -0.39 is 34.4 Å². The molecule has 0 spiro atoms. The van der Waals surface area contributed by atoms with Crippen LogP contribution in [0.1, 0.15) is 54.1 Å². The molecule has 0 radical (unpaired) electrons. The van der Waals surface area contributed by atoms with Gasteiger partial charge < -0.3 is 10.2 Å². The molecule has 1 N–H and O–H groups in total. The molecular formula is C25H29N3O5S. The number of benzene rings is 2. The summed E-state index contributed by atoms with van der Waals surface area (Å²) >= 11 is 0. The van der Waals surface area contributed by atoms with Gasteiger partial charge in [-0.15, -0.1) is 0 Å². The van der Waals surface area contributed by atoms with Crippen LogP contribution in [0.2, 0.25) is 0 Å². The third kappa shape index (κ3) is 4.57. The zero-order valence-corrected chi connectivity index (χ0v) is 20.2. The second-order valence-corrected chi connectivity index (χ2v) is 10.8. The van der Waals surface area contributed by atoms with E-state index in [-0.39, 0.29) is 29.0 Å². The summed E-state index contributed by atoms with van der Waals surface area (Å²) < 4.78 is 26.5. The molecule has 8 nitrogen and oxygen atoms in total. The van der Waals surface area contributed by atoms with Gasteiger partial charge in [-0.1, -0.05) is 49.2 Å². The Balaban J connectivity index is 1.59. The number of amides is 3. The summed E-state index contributed by atoms with van der Waals surface area (Å²) in [5, 5.41) is 3.02. The third-order valence-corrected chi connectivity index (χ3v) is 8.45. The van der Waals surface area contributed by atoms with Crippen LogP contribution in [0.3, 0.4) is 0 Å². The molecule has 3 amide bonds. The molecule has 34 heavy (non-hydrogen) atoms. The average molecular weight is 484 g/mol. The molecule has 0 aromatic heterocycles. The van der Waals surface area contributed by atoms with E-state index in [0.29, 0.717) is 4.31 Å². The Hall–Kier alpha value is -3.20. The van der Waals surface area contributed by atoms with Crippen molar-refractivity contribution in [2.45, 2.75) is 63.1 Å². The lowest BCUT2D eigenvalue weighted by atomic mass is 10.1. The number of nitrogens with zero attached hydrogens (tertiary/aromatic N) is 2. The van der Waals surface area contributed by atoms with E-state index in [0.717, 1.165) is 36.8 Å². The fourth-order valence-corrected chi connectivity index (χ4v) is 6.06. The van der Waals surface area contributed by atoms with E-state index in [1.54, 1.807) is 13.0 Å². The smallest absolute Gasteiger partial charge is 0.269 e. The van der Waals surface area contributed by atoms with E-state index in [1.165, 1.54) is 23.1 Å². The quantitative estimate of drug-likeness (QED) is 0.652. The maximum Gasteiger partial charge on any atom is 0.269 e. The highest BCUT2D eigenvalue weighted by atomic mass is 32.2. The molecule has 0 saturated heterocycles. The van der Waals surface area contributed by atoms with Crippen molar-refractivity contribution >= 4 is 27.7 Å². The Morgan fingerprint density at radius 2 is 1.74 bits per heavy atom. The van der Waals surface area contributed by atoms with Crippen molar-refractivity contribution < 1.29 is 22.8 Å². The van der Waals surface area contributed by atoms with E-state index in [2.05, 4.69) is 5.32 Å². The number of nitrogens with one attached hydrogen (secondary N) is 1. The molecule has 180 valence electrons. The summed E-state index contributed by atoms with van der Waals surface area (Å²) in [5.41, 5.74) is 1.84. The van der Waals surface area contributed by atoms with Gasteiger partial charge in [-0.05, 0) is 49.9 Å². The van der Waals surface area contributed by atoms with Crippen LogP contribution in [0.15, 0.2) is 53.4 Å². The summed E-state index contributed by atoms with van der Waals surface area (Å²) in [6.07, 6.45) is 3.92. The van der Waals surface area contributed by atoms with Crippen LogP contribution in [-0.4, -0.2) is 54.0 Å². The van der Waals surface area contributed by atoms with Gasteiger partial charge in [0, 0.05) is 12.6 Å². The Morgan fingerprint density at radius 3 is 2.41 bits per heavy atom. The molecule has 9 heteroatoms. The van der Waals surface area contributed by atoms with E-state index >= 15 is 0 Å². The first kappa shape index (κ1) is 23.9. The van der Waals surface area contributed by atoms with Crippen molar-refractivity contribution in [3.05, 3.63) is 65.2 Å². The lowest BCUT2D eigenvalue weighted by molar-refractivity contribution is -0.140. The maximum atomic E-state index is 13.5. The average Bonchev–Trinajstić information content (AvgIpc) is 3.39. The molecular weight excluding hydrogens is 454 g/mol. The van der Waals surface area contributed by atoms with Crippen LogP contribution in [0.4, 0.5) is 0 Å². The van der Waals surface area contributed by atoms with Crippen molar-refractivity contribution in [3.8, 4) is 0 Å². The van der Waals surface area contributed by atoms with E-state index in [4.69, 9.17) is 0 Å². The molecule has 1 unspecified atom stereocenters. The fourth-order valence-electron chi connectivity index (χ4n) is 4.55. The van der Waals surface area contributed by atoms with Crippen LogP contribution >= 0.6 is 0 Å². The molecule has 1 atom stereocenters. The minimum Gasteiger partial charge on any atom is -0.352 e. The van der Waals surface area contributed by atoms with Crippen molar-refractivity contribution in [2.75, 3.05) is 6.54 Å². The van der Waals surface area contributed by atoms with Gasteiger partial charge in [0.15, 0.2) is 0 Å². The van der Waals surface area contributed by atoms with Gasteiger partial charge >= 0.3 is 0 Å². The number of sulfonamides is 1. The van der Waals surface area contributed by atoms with Crippen LogP contribution < -0.4 is 5.32 Å². The van der Waals surface area contributed by atoms with Crippen molar-refractivity contribution in [3.63, 3.8) is 0 Å². The molecule has 1 aliphatic heterocycles. The summed E-state index contributed by atoms with van der Waals surface area (Å²) in [6.45, 7) is 3.00. The number of hydrogen-bond acceptors (Lipinski definition) is 5. The zero-order chi connectivity index (χ0) is 24.5. The number of fused-ring (bicyclic) bond motifs is 1. The molecule has 1 saturated carbocycles. The van der Waals surface area contributed by atoms with Gasteiger partial charge in [0.25, 0.3) is 15.9 Å². The van der Waals surface area contributed by atoms with Crippen molar-refractivity contribution in [2.24, 2.45) is 0 Å². The zero-order valence-electron chi connectivity index (χ0n) is 19.4. The van der Waals surface area contributed by atoms with Gasteiger partial charge in [-0.2, -0.15) is 0 Å². The number of carbonyl (C=O) groups excluding carboxylic acids is 3. The molecule has 1 heterocycles. The predicted molar refractivity (Wildman–Crippen MR) is 126 cm³/mol. The monoisotopic (exact) mass is 483 g/mol. The third-order valence-electron chi connectivity index (χ3n) is 6.66. The van der Waals surface area contributed by atoms with Crippen LogP contribution in [0, 0.1) is 6.92 Å². The van der Waals surface area contributed by atoms with Crippen molar-refractivity contribution in [1.82, 2.24) is 14.5 Å². The summed E-state index contributed by atoms with van der Waals surface area (Å²) in [6, 6.07) is 12.7. The number of carbonyl (C=O) groups is 3. The molecule has 1 aliphatic carbocycles. The Kier molecular flexibility index (Phi) is 6.74. The Bertz CT molecular complexity index is 1220. The number of aryl methyl sites for hydroxylation is 1. The first-order chi connectivity index (χ1) is 16.2. The first-order valence-corrected chi connectivity index (χ1v) is 12.9. The number of hydrogen-bond donors (Lipinski definition) is 1. The SMILES string of the molecule is Cc1ccccc1CN(C(=O)CN1C(=O)c2ccccc2S1(=O)=O)C(C)C(=O)NC1CCCC1. The second kappa shape index (κ2) is 9.58. The number of rotatable bonds is 7. The Labute approximate surface area is 200 Å². The lowest BCUT2D eigenvalue weighted by Gasteiger charge is -2.31. The fraction of sp³-hybridized carbons (Fsp3) is 0.400. The van der Waals surface area contributed by atoms with Gasteiger partial charge in [0.2, 0.25) is 11.8 Å². The highest BCUT2D eigenvalue weighted by Crippen LogP contribution is 2.30. The minimum atomic E-state index is -4.13. The normalized spacial score (nSPS) is 17.9. The van der Waals surface area contributed by atoms with Crippen LogP contribution in [-0.2, 0) is 26.2 Å². The molecule has 2 aliphatic rings. The predicted octanol–water partition coefficient (Wildman–Crippen LogP) is 2.62. The largest absolute Gasteiger partial charge is 0.352 e. The second-order valence-electron chi connectivity index (χ2n) is 8.93. The van der Waals surface area contributed by atoms with Gasteiger partial charge in [-0.25, -0.2) is 12.7 Å². The minimum absolute atomic E-state index is 0.0489. The summed E-state index contributed by atoms with van der Waals surface area (Å²) in [5.74, 6) is -1.63. The lowest BCUT2D eigenvalue weighted by Crippen LogP contribution is -2.52. The van der Waals surface area contributed by atoms with Crippen molar-refractivity contribution in [1.29, 1.82) is 0 Å². The van der Waals surface area contributed by atoms with E-state index in [1.807, 2.05) is 31.2 Å². The standard InChI is InChI=1S/C25H29N3O5S/c1-17-9-3-4-10-19(17)15-27(18(2)24(30)26-20-11-5-6-12-20)23(29)16-28-25(31)21-13-7-8-14-22(21)34(28,32)33/h3-4,7-10,13-14,18,20H,5-6,11-12,15-16H2,1-2H3,(H,26,30). The molecule has 0 bridgehead atoms. The van der Waals surface area contributed by atoms with Gasteiger partial charge in [0.05, 0.1) is 5.56 Å². The van der Waals surface area contributed by atoms with Crippen LogP contribution in [0.5, 0.6) is 0 Å². The Morgan fingerprint density at radius 1 is 1.09 bits per heavy atom. The highest BCUT2D eigenvalue weighted by Gasteiger charge is 2.43. The van der Waals surface area contributed by atoms with Crippen LogP contribution in [0.25, 0.3) is 0 Å².